The number of carbonyl (C=O) groups excluding carboxylic acids is 1. The lowest BCUT2D eigenvalue weighted by Crippen LogP contribution is -2.15. The highest BCUT2D eigenvalue weighted by Crippen LogP contribution is 2.27. The Labute approximate surface area is 166 Å². The summed E-state index contributed by atoms with van der Waals surface area (Å²) >= 11 is 9.26. The summed E-state index contributed by atoms with van der Waals surface area (Å²) < 4.78 is 28.7. The van der Waals surface area contributed by atoms with Crippen molar-refractivity contribution in [3.63, 3.8) is 0 Å². The van der Waals surface area contributed by atoms with Gasteiger partial charge in [0.15, 0.2) is 0 Å². The third-order valence-corrected chi connectivity index (χ3v) is 5.81. The standard InChI is InChI=1S/C17H17BrClN3O3S/c1-22(2)11-20-26(24,25)16-10-13(7-8-14(16)18)21-17(23)9-12-5-3-4-6-15(12)19/h3-8,10-11H,9H2,1-2H3,(H,21,23)/b20-11+. The van der Waals surface area contributed by atoms with E-state index in [1.165, 1.54) is 17.3 Å². The van der Waals surface area contributed by atoms with Crippen LogP contribution in [0.25, 0.3) is 0 Å². The van der Waals surface area contributed by atoms with Crippen molar-refractivity contribution < 1.29 is 13.2 Å². The van der Waals surface area contributed by atoms with Crippen molar-refractivity contribution in [2.24, 2.45) is 4.40 Å². The molecule has 0 atom stereocenters. The molecule has 1 N–H and O–H groups in total. The van der Waals surface area contributed by atoms with Gasteiger partial charge in [-0.15, -0.1) is 4.40 Å². The molecule has 9 heteroatoms. The van der Waals surface area contributed by atoms with E-state index in [9.17, 15) is 13.2 Å². The highest BCUT2D eigenvalue weighted by molar-refractivity contribution is 9.10. The van der Waals surface area contributed by atoms with Gasteiger partial charge in [0.1, 0.15) is 11.2 Å². The van der Waals surface area contributed by atoms with Gasteiger partial charge in [-0.3, -0.25) is 4.79 Å². The Balaban J connectivity index is 2.21. The molecule has 26 heavy (non-hydrogen) atoms. The van der Waals surface area contributed by atoms with Crippen molar-refractivity contribution in [3.8, 4) is 0 Å². The molecule has 0 radical (unpaired) electrons. The lowest BCUT2D eigenvalue weighted by atomic mass is 10.1. The molecule has 0 fully saturated rings. The number of hydrogen-bond acceptors (Lipinski definition) is 3. The van der Waals surface area contributed by atoms with Gasteiger partial charge in [0.2, 0.25) is 5.91 Å². The first-order valence-corrected chi connectivity index (χ1v) is 10.1. The molecular formula is C17H17BrClN3O3S. The summed E-state index contributed by atoms with van der Waals surface area (Å²) in [6.07, 6.45) is 1.28. The monoisotopic (exact) mass is 457 g/mol. The van der Waals surface area contributed by atoms with E-state index in [0.29, 0.717) is 20.7 Å². The van der Waals surface area contributed by atoms with Crippen molar-refractivity contribution in [3.05, 3.63) is 57.5 Å². The lowest BCUT2D eigenvalue weighted by Gasteiger charge is -2.09. The van der Waals surface area contributed by atoms with Crippen molar-refractivity contribution in [2.75, 3.05) is 19.4 Å². The number of amides is 1. The summed E-state index contributed by atoms with van der Waals surface area (Å²) in [7, 11) is -0.569. The summed E-state index contributed by atoms with van der Waals surface area (Å²) in [6.45, 7) is 0. The topological polar surface area (TPSA) is 78.8 Å². The van der Waals surface area contributed by atoms with Gasteiger partial charge in [-0.25, -0.2) is 0 Å². The van der Waals surface area contributed by atoms with E-state index in [1.54, 1.807) is 50.5 Å². The van der Waals surface area contributed by atoms with E-state index in [-0.39, 0.29) is 17.2 Å². The maximum atomic E-state index is 12.3. The fourth-order valence-electron chi connectivity index (χ4n) is 2.01. The molecule has 1 amide bonds. The van der Waals surface area contributed by atoms with Gasteiger partial charge in [-0.1, -0.05) is 29.8 Å². The molecule has 2 aromatic rings. The van der Waals surface area contributed by atoms with Gasteiger partial charge in [-0.05, 0) is 45.8 Å². The predicted octanol–water partition coefficient (Wildman–Crippen LogP) is 3.56. The minimum Gasteiger partial charge on any atom is -0.368 e. The van der Waals surface area contributed by atoms with Crippen LogP contribution >= 0.6 is 27.5 Å². The van der Waals surface area contributed by atoms with Crippen LogP contribution in [0.15, 0.2) is 56.2 Å². The Hall–Kier alpha value is -1.90. The second kappa shape index (κ2) is 8.66. The molecule has 0 bridgehead atoms. The third kappa shape index (κ3) is 5.55. The van der Waals surface area contributed by atoms with Crippen LogP contribution in [0.4, 0.5) is 5.69 Å². The van der Waals surface area contributed by atoms with Gasteiger partial charge >= 0.3 is 0 Å². The maximum absolute atomic E-state index is 12.3. The van der Waals surface area contributed by atoms with E-state index in [4.69, 9.17) is 11.6 Å². The molecule has 0 saturated carbocycles. The molecule has 0 aliphatic rings. The van der Waals surface area contributed by atoms with E-state index >= 15 is 0 Å². The van der Waals surface area contributed by atoms with Crippen LogP contribution in [-0.2, 0) is 21.2 Å². The first kappa shape index (κ1) is 20.4. The number of carbonyl (C=O) groups is 1. The largest absolute Gasteiger partial charge is 0.368 e. The molecule has 0 spiro atoms. The van der Waals surface area contributed by atoms with Gasteiger partial charge in [0.05, 0.1) is 6.42 Å². The van der Waals surface area contributed by atoms with Crippen molar-refractivity contribution in [1.82, 2.24) is 4.90 Å². The normalized spacial score (nSPS) is 11.5. The van der Waals surface area contributed by atoms with Crippen LogP contribution in [0.3, 0.4) is 0 Å². The molecule has 0 aromatic heterocycles. The van der Waals surface area contributed by atoms with E-state index in [0.717, 1.165) is 0 Å². The fraction of sp³-hybridized carbons (Fsp3) is 0.176. The molecule has 0 unspecified atom stereocenters. The lowest BCUT2D eigenvalue weighted by molar-refractivity contribution is -0.115. The molecule has 6 nitrogen and oxygen atoms in total. The number of benzene rings is 2. The minimum atomic E-state index is -3.90. The first-order chi connectivity index (χ1) is 12.2. The van der Waals surface area contributed by atoms with Gasteiger partial charge in [-0.2, -0.15) is 8.42 Å². The molecule has 2 rings (SSSR count). The Morgan fingerprint density at radius 2 is 1.96 bits per heavy atom. The summed E-state index contributed by atoms with van der Waals surface area (Å²) in [5, 5.41) is 3.18. The highest BCUT2D eigenvalue weighted by Gasteiger charge is 2.18. The van der Waals surface area contributed by atoms with Crippen LogP contribution in [-0.4, -0.2) is 39.7 Å². The SMILES string of the molecule is CN(C)/C=N/S(=O)(=O)c1cc(NC(=O)Cc2ccccc2Cl)ccc1Br. The molecule has 138 valence electrons. The zero-order valence-corrected chi connectivity index (χ0v) is 17.3. The molecular weight excluding hydrogens is 442 g/mol. The molecule has 0 heterocycles. The van der Waals surface area contributed by atoms with Gasteiger partial charge in [0, 0.05) is 29.3 Å². The zero-order chi connectivity index (χ0) is 19.3. The van der Waals surface area contributed by atoms with Gasteiger partial charge < -0.3 is 10.2 Å². The fourth-order valence-corrected chi connectivity index (χ4v) is 4.09. The number of nitrogens with zero attached hydrogens (tertiary/aromatic N) is 2. The van der Waals surface area contributed by atoms with Crippen molar-refractivity contribution in [1.29, 1.82) is 0 Å². The summed E-state index contributed by atoms with van der Waals surface area (Å²) in [5.41, 5.74) is 1.04. The Morgan fingerprint density at radius 1 is 1.27 bits per heavy atom. The quantitative estimate of drug-likeness (QED) is 0.530. The molecule has 0 aliphatic heterocycles. The van der Waals surface area contributed by atoms with E-state index in [1.807, 2.05) is 0 Å². The molecule has 2 aromatic carbocycles. The summed E-state index contributed by atoms with van der Waals surface area (Å²) in [5.74, 6) is -0.305. The van der Waals surface area contributed by atoms with Crippen molar-refractivity contribution in [2.45, 2.75) is 11.3 Å². The second-order valence-corrected chi connectivity index (χ2v) is 8.48. The average molecular weight is 459 g/mol. The number of anilines is 1. The minimum absolute atomic E-state index is 0.0360. The number of halogens is 2. The number of rotatable bonds is 6. The Morgan fingerprint density at radius 3 is 2.62 bits per heavy atom. The predicted molar refractivity (Wildman–Crippen MR) is 107 cm³/mol. The van der Waals surface area contributed by atoms with Crippen LogP contribution in [0.5, 0.6) is 0 Å². The van der Waals surface area contributed by atoms with Crippen LogP contribution in [0.2, 0.25) is 5.02 Å². The smallest absolute Gasteiger partial charge is 0.284 e. The summed E-state index contributed by atoms with van der Waals surface area (Å²) in [4.78, 5) is 13.7. The zero-order valence-electron chi connectivity index (χ0n) is 14.1. The van der Waals surface area contributed by atoms with Crippen LogP contribution < -0.4 is 5.32 Å². The van der Waals surface area contributed by atoms with Crippen LogP contribution in [0, 0.1) is 0 Å². The van der Waals surface area contributed by atoms with Crippen LogP contribution in [0.1, 0.15) is 5.56 Å². The summed E-state index contributed by atoms with van der Waals surface area (Å²) in [6, 6.07) is 11.5. The average Bonchev–Trinajstić information content (AvgIpc) is 2.57. The maximum Gasteiger partial charge on any atom is 0.284 e. The number of nitrogens with one attached hydrogen (secondary N) is 1. The molecule has 0 aliphatic carbocycles. The third-order valence-electron chi connectivity index (χ3n) is 3.22. The Kier molecular flexibility index (Phi) is 6.80. The Bertz CT molecular complexity index is 946. The van der Waals surface area contributed by atoms with Gasteiger partial charge in [0.25, 0.3) is 10.0 Å². The molecule has 0 saturated heterocycles. The highest BCUT2D eigenvalue weighted by atomic mass is 79.9. The number of sulfonamides is 1. The van der Waals surface area contributed by atoms with Crippen molar-refractivity contribution >= 4 is 55.5 Å². The second-order valence-electron chi connectivity index (χ2n) is 5.62. The first-order valence-electron chi connectivity index (χ1n) is 7.49. The van der Waals surface area contributed by atoms with E-state index < -0.39 is 10.0 Å². The number of hydrogen-bond donors (Lipinski definition) is 1. The van der Waals surface area contributed by atoms with E-state index in [2.05, 4.69) is 25.6 Å².